The first-order valence-corrected chi connectivity index (χ1v) is 8.02. The molecule has 0 atom stereocenters. The molecule has 8 nitrogen and oxygen atoms in total. The molecule has 0 aliphatic heterocycles. The van der Waals surface area contributed by atoms with Gasteiger partial charge >= 0.3 is 6.03 Å². The van der Waals surface area contributed by atoms with Crippen LogP contribution in [0.2, 0.25) is 5.02 Å². The molecule has 0 radical (unpaired) electrons. The summed E-state index contributed by atoms with van der Waals surface area (Å²) in [6.45, 7) is 0.355. The summed E-state index contributed by atoms with van der Waals surface area (Å²) in [5.41, 5.74) is 0.968. The van der Waals surface area contributed by atoms with Gasteiger partial charge in [-0.3, -0.25) is 10.1 Å². The topological polar surface area (TPSA) is 103 Å². The summed E-state index contributed by atoms with van der Waals surface area (Å²) in [6, 6.07) is 8.82. The number of carbonyl (C=O) groups excluding carboxylic acids is 1. The first-order chi connectivity index (χ1) is 12.4. The molecule has 0 fully saturated rings. The Balaban J connectivity index is 1.91. The summed E-state index contributed by atoms with van der Waals surface area (Å²) in [5, 5.41) is 16.2. The van der Waals surface area contributed by atoms with E-state index in [1.54, 1.807) is 20.3 Å². The highest BCUT2D eigenvalue weighted by Gasteiger charge is 2.12. The van der Waals surface area contributed by atoms with Crippen molar-refractivity contribution >= 4 is 29.0 Å². The molecule has 2 N–H and O–H groups in total. The molecule has 0 aliphatic carbocycles. The van der Waals surface area contributed by atoms with E-state index in [0.717, 1.165) is 5.56 Å². The van der Waals surface area contributed by atoms with Gasteiger partial charge in [0.2, 0.25) is 0 Å². The third kappa shape index (κ3) is 5.00. The van der Waals surface area contributed by atoms with E-state index < -0.39 is 11.0 Å². The van der Waals surface area contributed by atoms with Gasteiger partial charge in [0.1, 0.15) is 0 Å². The highest BCUT2D eigenvalue weighted by molar-refractivity contribution is 6.33. The van der Waals surface area contributed by atoms with Crippen LogP contribution < -0.4 is 20.1 Å². The zero-order chi connectivity index (χ0) is 19.1. The minimum atomic E-state index is -0.559. The number of benzene rings is 2. The molecule has 0 aliphatic rings. The van der Waals surface area contributed by atoms with E-state index in [0.29, 0.717) is 24.5 Å². The smallest absolute Gasteiger partial charge is 0.319 e. The van der Waals surface area contributed by atoms with Crippen molar-refractivity contribution in [1.29, 1.82) is 0 Å². The maximum absolute atomic E-state index is 12.0. The van der Waals surface area contributed by atoms with Gasteiger partial charge in [-0.25, -0.2) is 4.79 Å². The van der Waals surface area contributed by atoms with E-state index in [4.69, 9.17) is 21.1 Å². The van der Waals surface area contributed by atoms with Gasteiger partial charge in [-0.05, 0) is 30.2 Å². The number of urea groups is 1. The number of amides is 2. The number of non-ortho nitro benzene ring substituents is 1. The first kappa shape index (κ1) is 19.3. The van der Waals surface area contributed by atoms with E-state index in [1.165, 1.54) is 18.2 Å². The average Bonchev–Trinajstić information content (AvgIpc) is 2.63. The second-order valence-corrected chi connectivity index (χ2v) is 5.65. The molecule has 9 heteroatoms. The number of halogens is 1. The van der Waals surface area contributed by atoms with Gasteiger partial charge in [0.25, 0.3) is 5.69 Å². The Labute approximate surface area is 155 Å². The summed E-state index contributed by atoms with van der Waals surface area (Å²) in [7, 11) is 3.11. The van der Waals surface area contributed by atoms with Crippen LogP contribution >= 0.6 is 11.6 Å². The fraction of sp³-hybridized carbons (Fsp3) is 0.235. The van der Waals surface area contributed by atoms with Crippen molar-refractivity contribution in [3.63, 3.8) is 0 Å². The van der Waals surface area contributed by atoms with Crippen molar-refractivity contribution in [2.45, 2.75) is 6.42 Å². The molecule has 138 valence electrons. The van der Waals surface area contributed by atoms with Crippen LogP contribution in [-0.2, 0) is 6.42 Å². The number of nitrogens with one attached hydrogen (secondary N) is 2. The fourth-order valence-corrected chi connectivity index (χ4v) is 2.41. The molecule has 2 rings (SSSR count). The van der Waals surface area contributed by atoms with E-state index in [-0.39, 0.29) is 16.4 Å². The van der Waals surface area contributed by atoms with Crippen molar-refractivity contribution in [1.82, 2.24) is 5.32 Å². The minimum absolute atomic E-state index is 0.157. The first-order valence-electron chi connectivity index (χ1n) is 7.64. The van der Waals surface area contributed by atoms with Gasteiger partial charge < -0.3 is 20.1 Å². The van der Waals surface area contributed by atoms with Crippen LogP contribution in [0.3, 0.4) is 0 Å². The van der Waals surface area contributed by atoms with E-state index in [2.05, 4.69) is 10.6 Å². The van der Waals surface area contributed by atoms with Gasteiger partial charge in [0.15, 0.2) is 11.5 Å². The van der Waals surface area contributed by atoms with Gasteiger partial charge in [-0.15, -0.1) is 0 Å². The number of hydrogen-bond acceptors (Lipinski definition) is 5. The summed E-state index contributed by atoms with van der Waals surface area (Å²) >= 11 is 5.95. The normalized spacial score (nSPS) is 10.1. The maximum atomic E-state index is 12.0. The SMILES string of the molecule is COc1ccc(CCNC(=O)Nc2cc([N+](=O)[O-])ccc2Cl)cc1OC. The molecule has 0 aromatic heterocycles. The molecular weight excluding hydrogens is 362 g/mol. The van der Waals surface area contributed by atoms with Crippen LogP contribution in [-0.4, -0.2) is 31.7 Å². The molecule has 0 spiro atoms. The molecule has 0 saturated heterocycles. The molecule has 2 aromatic rings. The summed E-state index contributed by atoms with van der Waals surface area (Å²) < 4.78 is 10.4. The second-order valence-electron chi connectivity index (χ2n) is 5.24. The summed E-state index contributed by atoms with van der Waals surface area (Å²) in [6.07, 6.45) is 0.566. The Morgan fingerprint density at radius 3 is 2.54 bits per heavy atom. The highest BCUT2D eigenvalue weighted by atomic mass is 35.5. The predicted molar refractivity (Wildman–Crippen MR) is 98.4 cm³/mol. The molecule has 0 unspecified atom stereocenters. The van der Waals surface area contributed by atoms with Crippen molar-refractivity contribution < 1.29 is 19.2 Å². The van der Waals surface area contributed by atoms with Crippen LogP contribution in [0.15, 0.2) is 36.4 Å². The number of hydrogen-bond donors (Lipinski definition) is 2. The third-order valence-electron chi connectivity index (χ3n) is 3.56. The van der Waals surface area contributed by atoms with Gasteiger partial charge in [-0.2, -0.15) is 0 Å². The lowest BCUT2D eigenvalue weighted by molar-refractivity contribution is -0.384. The Morgan fingerprint density at radius 1 is 1.15 bits per heavy atom. The molecular formula is C17H18ClN3O5. The standard InChI is InChI=1S/C17H18ClN3O5/c1-25-15-6-3-11(9-16(15)26-2)7-8-19-17(22)20-14-10-12(21(23)24)4-5-13(14)18/h3-6,9-10H,7-8H2,1-2H3,(H2,19,20,22). The third-order valence-corrected chi connectivity index (χ3v) is 3.89. The van der Waals surface area contributed by atoms with Crippen LogP contribution in [0, 0.1) is 10.1 Å². The minimum Gasteiger partial charge on any atom is -0.493 e. The van der Waals surface area contributed by atoms with Crippen LogP contribution in [0.25, 0.3) is 0 Å². The number of nitro groups is 1. The second kappa shape index (κ2) is 8.91. The van der Waals surface area contributed by atoms with Gasteiger partial charge in [0, 0.05) is 18.7 Å². The van der Waals surface area contributed by atoms with Crippen LogP contribution in [0.5, 0.6) is 11.5 Å². The van der Waals surface area contributed by atoms with Gasteiger partial charge in [0.05, 0.1) is 29.9 Å². The Kier molecular flexibility index (Phi) is 6.62. The lowest BCUT2D eigenvalue weighted by atomic mass is 10.1. The lowest BCUT2D eigenvalue weighted by Crippen LogP contribution is -2.30. The van der Waals surface area contributed by atoms with E-state index >= 15 is 0 Å². The Hall–Kier alpha value is -3.00. The number of ether oxygens (including phenoxy) is 2. The van der Waals surface area contributed by atoms with E-state index in [1.807, 2.05) is 12.1 Å². The number of methoxy groups -OCH3 is 2. The summed E-state index contributed by atoms with van der Waals surface area (Å²) in [5.74, 6) is 1.24. The maximum Gasteiger partial charge on any atom is 0.319 e. The number of rotatable bonds is 7. The van der Waals surface area contributed by atoms with E-state index in [9.17, 15) is 14.9 Å². The van der Waals surface area contributed by atoms with Crippen molar-refractivity contribution in [2.75, 3.05) is 26.1 Å². The van der Waals surface area contributed by atoms with Crippen LogP contribution in [0.1, 0.15) is 5.56 Å². The summed E-state index contributed by atoms with van der Waals surface area (Å²) in [4.78, 5) is 22.2. The number of carbonyl (C=O) groups is 1. The molecule has 0 heterocycles. The van der Waals surface area contributed by atoms with Crippen LogP contribution in [0.4, 0.5) is 16.2 Å². The molecule has 0 saturated carbocycles. The van der Waals surface area contributed by atoms with Crippen molar-refractivity contribution in [2.24, 2.45) is 0 Å². The predicted octanol–water partition coefficient (Wildman–Crippen LogP) is 3.63. The zero-order valence-electron chi connectivity index (χ0n) is 14.2. The van der Waals surface area contributed by atoms with Gasteiger partial charge in [-0.1, -0.05) is 17.7 Å². The average molecular weight is 380 g/mol. The zero-order valence-corrected chi connectivity index (χ0v) is 15.0. The number of nitrogens with zero attached hydrogens (tertiary/aromatic N) is 1. The fourth-order valence-electron chi connectivity index (χ4n) is 2.25. The molecule has 0 bridgehead atoms. The van der Waals surface area contributed by atoms with Crippen molar-refractivity contribution in [3.8, 4) is 11.5 Å². The molecule has 2 amide bonds. The number of anilines is 1. The Bertz CT molecular complexity index is 813. The Morgan fingerprint density at radius 2 is 1.88 bits per heavy atom. The molecule has 26 heavy (non-hydrogen) atoms. The molecule has 2 aromatic carbocycles. The lowest BCUT2D eigenvalue weighted by Gasteiger charge is -2.11. The highest BCUT2D eigenvalue weighted by Crippen LogP contribution is 2.28. The monoisotopic (exact) mass is 379 g/mol. The van der Waals surface area contributed by atoms with Crippen molar-refractivity contribution in [3.05, 3.63) is 57.1 Å². The number of nitro benzene ring substituents is 1. The quantitative estimate of drug-likeness (QED) is 0.564. The largest absolute Gasteiger partial charge is 0.493 e.